The number of hydrogen-bond acceptors (Lipinski definition) is 5. The summed E-state index contributed by atoms with van der Waals surface area (Å²) in [5.41, 5.74) is 0. The Morgan fingerprint density at radius 3 is 2.62 bits per heavy atom. The predicted octanol–water partition coefficient (Wildman–Crippen LogP) is 0.829. The Balaban J connectivity index is 2.12. The Labute approximate surface area is 123 Å². The quantitative estimate of drug-likeness (QED) is 0.823. The van der Waals surface area contributed by atoms with Crippen LogP contribution in [0.25, 0.3) is 0 Å². The number of hydrogen-bond donors (Lipinski definition) is 0. The summed E-state index contributed by atoms with van der Waals surface area (Å²) in [6, 6.07) is 4.43. The van der Waals surface area contributed by atoms with Crippen LogP contribution in [0.5, 0.6) is 0 Å². The van der Waals surface area contributed by atoms with E-state index >= 15 is 0 Å². The van der Waals surface area contributed by atoms with E-state index in [9.17, 15) is 12.8 Å². The lowest BCUT2D eigenvalue weighted by atomic mass is 10.2. The molecule has 2 heterocycles. The average molecular weight is 312 g/mol. The van der Waals surface area contributed by atoms with E-state index in [-0.39, 0.29) is 19.1 Å². The number of nitrogens with zero attached hydrogens (tertiary/aromatic N) is 4. The maximum absolute atomic E-state index is 13.6. The lowest BCUT2D eigenvalue weighted by molar-refractivity contribution is 0.159. The minimum Gasteiger partial charge on any atom is -0.285 e. The molecule has 0 saturated carbocycles. The highest BCUT2D eigenvalue weighted by Crippen LogP contribution is 2.19. The zero-order chi connectivity index (χ0) is 15.5. The fourth-order valence-corrected chi connectivity index (χ4v) is 3.77. The molecule has 0 spiro atoms. The van der Waals surface area contributed by atoms with Crippen molar-refractivity contribution in [3.8, 4) is 6.07 Å². The molecule has 0 aromatic carbocycles. The van der Waals surface area contributed by atoms with Crippen molar-refractivity contribution < 1.29 is 12.8 Å². The van der Waals surface area contributed by atoms with Gasteiger partial charge in [0.1, 0.15) is 0 Å². The lowest BCUT2D eigenvalue weighted by Crippen LogP contribution is -2.51. The fourth-order valence-electron chi connectivity index (χ4n) is 2.37. The molecule has 1 saturated heterocycles. The molecule has 0 amide bonds. The highest BCUT2D eigenvalue weighted by Gasteiger charge is 2.33. The van der Waals surface area contributed by atoms with Crippen LogP contribution < -0.4 is 0 Å². The molecule has 1 aromatic rings. The predicted molar refractivity (Wildman–Crippen MR) is 74.2 cm³/mol. The van der Waals surface area contributed by atoms with Gasteiger partial charge >= 0.3 is 0 Å². The average Bonchev–Trinajstić information content (AvgIpc) is 2.49. The van der Waals surface area contributed by atoms with Gasteiger partial charge in [-0.2, -0.15) is 9.57 Å². The maximum Gasteiger partial charge on any atom is 0.263 e. The zero-order valence-electron chi connectivity index (χ0n) is 11.7. The number of nitriles is 1. The van der Waals surface area contributed by atoms with Gasteiger partial charge in [0, 0.05) is 32.4 Å². The van der Waals surface area contributed by atoms with Gasteiger partial charge in [0.25, 0.3) is 10.0 Å². The first-order valence-corrected chi connectivity index (χ1v) is 8.19. The van der Waals surface area contributed by atoms with Crippen molar-refractivity contribution in [1.82, 2.24) is 14.2 Å². The van der Waals surface area contributed by atoms with E-state index in [1.165, 1.54) is 16.6 Å². The van der Waals surface area contributed by atoms with Crippen LogP contribution in [0.3, 0.4) is 0 Å². The molecule has 1 atom stereocenters. The topological polar surface area (TPSA) is 77.3 Å². The molecular formula is C13H17FN4O2S. The Morgan fingerprint density at radius 2 is 2.10 bits per heavy atom. The third kappa shape index (κ3) is 3.20. The first-order valence-electron chi connectivity index (χ1n) is 6.75. The molecule has 1 fully saturated rings. The van der Waals surface area contributed by atoms with Crippen molar-refractivity contribution in [2.45, 2.75) is 24.4 Å². The van der Waals surface area contributed by atoms with Gasteiger partial charge in [-0.05, 0) is 18.6 Å². The molecule has 1 aliphatic heterocycles. The molecule has 114 valence electrons. The summed E-state index contributed by atoms with van der Waals surface area (Å²) in [5.74, 6) is -0.844. The molecule has 21 heavy (non-hydrogen) atoms. The molecule has 0 radical (unpaired) electrons. The van der Waals surface area contributed by atoms with Crippen LogP contribution in [0.2, 0.25) is 0 Å². The third-order valence-electron chi connectivity index (χ3n) is 3.56. The third-order valence-corrected chi connectivity index (χ3v) is 5.39. The van der Waals surface area contributed by atoms with E-state index in [0.29, 0.717) is 19.5 Å². The second-order valence-corrected chi connectivity index (χ2v) is 6.64. The highest BCUT2D eigenvalue weighted by molar-refractivity contribution is 7.89. The van der Waals surface area contributed by atoms with Gasteiger partial charge in [-0.3, -0.25) is 4.90 Å². The van der Waals surface area contributed by atoms with Gasteiger partial charge in [0.15, 0.2) is 5.82 Å². The molecule has 1 aliphatic rings. The van der Waals surface area contributed by atoms with Crippen LogP contribution in [0, 0.1) is 17.1 Å². The molecule has 0 N–H and O–H groups in total. The Bertz CT molecular complexity index is 636. The zero-order valence-corrected chi connectivity index (χ0v) is 12.6. The molecular weight excluding hydrogens is 295 g/mol. The fraction of sp³-hybridized carbons (Fsp3) is 0.538. The summed E-state index contributed by atoms with van der Waals surface area (Å²) in [4.78, 5) is 5.59. The van der Waals surface area contributed by atoms with Gasteiger partial charge in [0.05, 0.1) is 12.1 Å². The SMILES string of the molecule is CCC(C#N)N1CCN(S(=O)(=O)c2ncccc2F)CC1. The smallest absolute Gasteiger partial charge is 0.263 e. The molecule has 8 heteroatoms. The number of rotatable bonds is 4. The summed E-state index contributed by atoms with van der Waals surface area (Å²) in [6.45, 7) is 3.30. The largest absolute Gasteiger partial charge is 0.285 e. The molecule has 0 bridgehead atoms. The Morgan fingerprint density at radius 1 is 1.43 bits per heavy atom. The van der Waals surface area contributed by atoms with Crippen molar-refractivity contribution in [1.29, 1.82) is 5.26 Å². The number of aromatic nitrogens is 1. The number of piperazine rings is 1. The van der Waals surface area contributed by atoms with Crippen LogP contribution in [-0.2, 0) is 10.0 Å². The molecule has 1 unspecified atom stereocenters. The van der Waals surface area contributed by atoms with Gasteiger partial charge < -0.3 is 0 Å². The van der Waals surface area contributed by atoms with E-state index in [0.717, 1.165) is 6.07 Å². The van der Waals surface area contributed by atoms with Gasteiger partial charge in [-0.15, -0.1) is 0 Å². The monoisotopic (exact) mass is 312 g/mol. The molecule has 6 nitrogen and oxygen atoms in total. The van der Waals surface area contributed by atoms with E-state index in [4.69, 9.17) is 5.26 Å². The van der Waals surface area contributed by atoms with Crippen molar-refractivity contribution in [3.05, 3.63) is 24.1 Å². The second kappa shape index (κ2) is 6.47. The first-order chi connectivity index (χ1) is 10.0. The normalized spacial score (nSPS) is 19.1. The number of pyridine rings is 1. The Kier molecular flexibility index (Phi) is 4.88. The van der Waals surface area contributed by atoms with Gasteiger partial charge in [0.2, 0.25) is 5.03 Å². The van der Waals surface area contributed by atoms with E-state index in [2.05, 4.69) is 11.1 Å². The molecule has 0 aliphatic carbocycles. The number of sulfonamides is 1. The Hall–Kier alpha value is -1.56. The molecule has 2 rings (SSSR count). The maximum atomic E-state index is 13.6. The van der Waals surface area contributed by atoms with Crippen molar-refractivity contribution in [2.24, 2.45) is 0 Å². The summed E-state index contributed by atoms with van der Waals surface area (Å²) < 4.78 is 39.6. The summed E-state index contributed by atoms with van der Waals surface area (Å²) in [6.07, 6.45) is 1.95. The van der Waals surface area contributed by atoms with Crippen molar-refractivity contribution in [3.63, 3.8) is 0 Å². The highest BCUT2D eigenvalue weighted by atomic mass is 32.2. The van der Waals surface area contributed by atoms with E-state index in [1.807, 2.05) is 11.8 Å². The minimum absolute atomic E-state index is 0.207. The van der Waals surface area contributed by atoms with Crippen LogP contribution in [0.1, 0.15) is 13.3 Å². The van der Waals surface area contributed by atoms with E-state index < -0.39 is 20.9 Å². The van der Waals surface area contributed by atoms with Crippen LogP contribution in [0.4, 0.5) is 4.39 Å². The van der Waals surface area contributed by atoms with Crippen molar-refractivity contribution in [2.75, 3.05) is 26.2 Å². The second-order valence-electron chi connectivity index (χ2n) is 4.78. The lowest BCUT2D eigenvalue weighted by Gasteiger charge is -2.35. The standard InChI is InChI=1S/C13H17FN4O2S/c1-2-11(10-15)17-6-8-18(9-7-17)21(19,20)13-12(14)4-3-5-16-13/h3-5,11H,2,6-9H2,1H3. The van der Waals surface area contributed by atoms with Crippen LogP contribution >= 0.6 is 0 Å². The van der Waals surface area contributed by atoms with Gasteiger partial charge in [-0.25, -0.2) is 17.8 Å². The summed E-state index contributed by atoms with van der Waals surface area (Å²) >= 11 is 0. The minimum atomic E-state index is -3.92. The number of halogens is 1. The van der Waals surface area contributed by atoms with Crippen LogP contribution in [-0.4, -0.2) is 54.8 Å². The first kappa shape index (κ1) is 15.8. The summed E-state index contributed by atoms with van der Waals surface area (Å²) in [5, 5.41) is 8.50. The van der Waals surface area contributed by atoms with E-state index in [1.54, 1.807) is 0 Å². The van der Waals surface area contributed by atoms with Crippen molar-refractivity contribution >= 4 is 10.0 Å². The van der Waals surface area contributed by atoms with Crippen LogP contribution in [0.15, 0.2) is 23.4 Å². The van der Waals surface area contributed by atoms with Gasteiger partial charge in [-0.1, -0.05) is 6.92 Å². The summed E-state index contributed by atoms with van der Waals surface area (Å²) in [7, 11) is -3.92. The molecule has 1 aromatic heterocycles.